The van der Waals surface area contributed by atoms with Crippen molar-refractivity contribution in [1.82, 2.24) is 10.2 Å². The first-order chi connectivity index (χ1) is 9.86. The summed E-state index contributed by atoms with van der Waals surface area (Å²) in [6.45, 7) is 7.31. The van der Waals surface area contributed by atoms with E-state index >= 15 is 0 Å². The molecular formula is C14H16ClN3O2S. The number of ether oxygens (including phenoxy) is 1. The van der Waals surface area contributed by atoms with Crippen molar-refractivity contribution in [2.45, 2.75) is 33.8 Å². The van der Waals surface area contributed by atoms with Gasteiger partial charge in [0.05, 0.1) is 0 Å². The lowest BCUT2D eigenvalue weighted by Gasteiger charge is -2.15. The molecule has 2 rings (SSSR count). The summed E-state index contributed by atoms with van der Waals surface area (Å²) >= 11 is 7.43. The van der Waals surface area contributed by atoms with Gasteiger partial charge in [-0.3, -0.25) is 10.1 Å². The summed E-state index contributed by atoms with van der Waals surface area (Å²) in [7, 11) is 0. The lowest BCUT2D eigenvalue weighted by Crippen LogP contribution is -2.30. The maximum atomic E-state index is 12.0. The Bertz CT molecular complexity index is 649. The summed E-state index contributed by atoms with van der Waals surface area (Å²) in [5, 5.41) is 12.3. The van der Waals surface area contributed by atoms with E-state index < -0.39 is 6.10 Å². The molecule has 0 spiro atoms. The van der Waals surface area contributed by atoms with Crippen LogP contribution in [0, 0.1) is 20.8 Å². The number of aromatic nitrogens is 2. The van der Waals surface area contributed by atoms with Gasteiger partial charge in [-0.05, 0) is 51.0 Å². The maximum absolute atomic E-state index is 12.0. The van der Waals surface area contributed by atoms with Crippen LogP contribution in [0.25, 0.3) is 0 Å². The highest BCUT2D eigenvalue weighted by atomic mass is 35.5. The van der Waals surface area contributed by atoms with Crippen molar-refractivity contribution in [2.24, 2.45) is 0 Å². The molecule has 1 aromatic heterocycles. The van der Waals surface area contributed by atoms with Crippen molar-refractivity contribution in [3.8, 4) is 5.75 Å². The molecule has 0 aliphatic carbocycles. The molecule has 1 heterocycles. The van der Waals surface area contributed by atoms with Gasteiger partial charge in [0.25, 0.3) is 5.91 Å². The third kappa shape index (κ3) is 3.92. The van der Waals surface area contributed by atoms with Gasteiger partial charge in [0.1, 0.15) is 10.8 Å². The minimum atomic E-state index is -0.644. The van der Waals surface area contributed by atoms with Crippen molar-refractivity contribution in [2.75, 3.05) is 5.32 Å². The molecule has 0 bridgehead atoms. The first-order valence-corrected chi connectivity index (χ1v) is 7.60. The third-order valence-electron chi connectivity index (χ3n) is 2.85. The molecule has 1 atom stereocenters. The Labute approximate surface area is 132 Å². The number of amides is 1. The number of hydrogen-bond donors (Lipinski definition) is 1. The van der Waals surface area contributed by atoms with Crippen LogP contribution in [0.3, 0.4) is 0 Å². The Morgan fingerprint density at radius 1 is 1.29 bits per heavy atom. The summed E-state index contributed by atoms with van der Waals surface area (Å²) in [6.07, 6.45) is -0.644. The Hall–Kier alpha value is -1.66. The highest BCUT2D eigenvalue weighted by molar-refractivity contribution is 7.15. The molecule has 1 unspecified atom stereocenters. The fraction of sp³-hybridized carbons (Fsp3) is 0.357. The second-order valence-corrected chi connectivity index (χ2v) is 6.31. The fourth-order valence-corrected chi connectivity index (χ4v) is 2.49. The topological polar surface area (TPSA) is 64.1 Å². The highest BCUT2D eigenvalue weighted by Gasteiger charge is 2.17. The second kappa shape index (κ2) is 6.41. The van der Waals surface area contributed by atoms with Gasteiger partial charge >= 0.3 is 0 Å². The molecule has 2 aromatic rings. The summed E-state index contributed by atoms with van der Waals surface area (Å²) in [5.41, 5.74) is 1.83. The van der Waals surface area contributed by atoms with Crippen LogP contribution in [0.4, 0.5) is 5.13 Å². The standard InChI is InChI=1S/C14H16ClN3O2S/c1-7-5-11(6-8(2)12(7)15)20-9(3)13(19)16-14-18-17-10(4)21-14/h5-6,9H,1-4H3,(H,16,18,19). The molecule has 1 N–H and O–H groups in total. The third-order valence-corrected chi connectivity index (χ3v) is 4.20. The number of aryl methyl sites for hydroxylation is 3. The minimum absolute atomic E-state index is 0.267. The highest BCUT2D eigenvalue weighted by Crippen LogP contribution is 2.26. The number of carbonyl (C=O) groups excluding carboxylic acids is 1. The summed E-state index contributed by atoms with van der Waals surface area (Å²) in [6, 6.07) is 3.63. The smallest absolute Gasteiger partial charge is 0.266 e. The van der Waals surface area contributed by atoms with E-state index in [1.807, 2.05) is 32.9 Å². The zero-order chi connectivity index (χ0) is 15.6. The molecule has 112 valence electrons. The summed E-state index contributed by atoms with van der Waals surface area (Å²) in [4.78, 5) is 12.0. The predicted octanol–water partition coefficient (Wildman–Crippen LogP) is 3.52. The maximum Gasteiger partial charge on any atom is 0.266 e. The summed E-state index contributed by atoms with van der Waals surface area (Å²) < 4.78 is 5.66. The number of benzene rings is 1. The van der Waals surface area contributed by atoms with Crippen LogP contribution in [0.5, 0.6) is 5.75 Å². The molecule has 0 saturated carbocycles. The van der Waals surface area contributed by atoms with Crippen LogP contribution in [-0.4, -0.2) is 22.2 Å². The molecule has 5 nitrogen and oxygen atoms in total. The molecule has 0 aliphatic rings. The summed E-state index contributed by atoms with van der Waals surface area (Å²) in [5.74, 6) is 0.349. The van der Waals surface area contributed by atoms with Gasteiger partial charge in [0, 0.05) is 5.02 Å². The van der Waals surface area contributed by atoms with Crippen LogP contribution >= 0.6 is 22.9 Å². The normalized spacial score (nSPS) is 12.0. The monoisotopic (exact) mass is 325 g/mol. The quantitative estimate of drug-likeness (QED) is 0.934. The lowest BCUT2D eigenvalue weighted by atomic mass is 10.1. The van der Waals surface area contributed by atoms with Crippen molar-refractivity contribution in [3.63, 3.8) is 0 Å². The van der Waals surface area contributed by atoms with Crippen molar-refractivity contribution < 1.29 is 9.53 Å². The first kappa shape index (κ1) is 15.7. The molecule has 0 saturated heterocycles. The zero-order valence-corrected chi connectivity index (χ0v) is 13.8. The van der Waals surface area contributed by atoms with Gasteiger partial charge < -0.3 is 4.74 Å². The molecule has 0 aliphatic heterocycles. The van der Waals surface area contributed by atoms with Gasteiger partial charge in [-0.25, -0.2) is 0 Å². The van der Waals surface area contributed by atoms with E-state index in [-0.39, 0.29) is 5.91 Å². The molecule has 1 amide bonds. The minimum Gasteiger partial charge on any atom is -0.481 e. The van der Waals surface area contributed by atoms with Gasteiger partial charge in [0.2, 0.25) is 5.13 Å². The molecule has 0 fully saturated rings. The van der Waals surface area contributed by atoms with E-state index in [9.17, 15) is 4.79 Å². The number of halogens is 1. The van der Waals surface area contributed by atoms with E-state index in [4.69, 9.17) is 16.3 Å². The van der Waals surface area contributed by atoms with E-state index in [2.05, 4.69) is 15.5 Å². The molecular weight excluding hydrogens is 310 g/mol. The number of hydrogen-bond acceptors (Lipinski definition) is 5. The second-order valence-electron chi connectivity index (χ2n) is 4.75. The van der Waals surface area contributed by atoms with Crippen LogP contribution in [0.15, 0.2) is 12.1 Å². The van der Waals surface area contributed by atoms with Crippen molar-refractivity contribution >= 4 is 34.0 Å². The van der Waals surface area contributed by atoms with Gasteiger partial charge in [-0.1, -0.05) is 22.9 Å². The average molecular weight is 326 g/mol. The van der Waals surface area contributed by atoms with Crippen molar-refractivity contribution in [1.29, 1.82) is 0 Å². The first-order valence-electron chi connectivity index (χ1n) is 6.41. The van der Waals surface area contributed by atoms with Crippen LogP contribution in [0.1, 0.15) is 23.1 Å². The molecule has 1 aromatic carbocycles. The van der Waals surface area contributed by atoms with E-state index in [0.29, 0.717) is 15.9 Å². The molecule has 0 radical (unpaired) electrons. The Kier molecular flexibility index (Phi) is 4.80. The predicted molar refractivity (Wildman–Crippen MR) is 84.3 cm³/mol. The molecule has 7 heteroatoms. The van der Waals surface area contributed by atoms with E-state index in [0.717, 1.165) is 16.1 Å². The van der Waals surface area contributed by atoms with E-state index in [1.165, 1.54) is 11.3 Å². The number of nitrogens with one attached hydrogen (secondary N) is 1. The number of rotatable bonds is 4. The number of nitrogens with zero attached hydrogens (tertiary/aromatic N) is 2. The number of carbonyl (C=O) groups is 1. The van der Waals surface area contributed by atoms with Crippen LogP contribution < -0.4 is 10.1 Å². The lowest BCUT2D eigenvalue weighted by molar-refractivity contribution is -0.122. The SMILES string of the molecule is Cc1nnc(NC(=O)C(C)Oc2cc(C)c(Cl)c(C)c2)s1. The van der Waals surface area contributed by atoms with Gasteiger partial charge in [-0.2, -0.15) is 0 Å². The van der Waals surface area contributed by atoms with Gasteiger partial charge in [0.15, 0.2) is 6.10 Å². The number of anilines is 1. The van der Waals surface area contributed by atoms with Crippen molar-refractivity contribution in [3.05, 3.63) is 33.3 Å². The average Bonchev–Trinajstić information content (AvgIpc) is 2.81. The Morgan fingerprint density at radius 2 is 1.90 bits per heavy atom. The van der Waals surface area contributed by atoms with Gasteiger partial charge in [-0.15, -0.1) is 10.2 Å². The van der Waals surface area contributed by atoms with Crippen LogP contribution in [-0.2, 0) is 4.79 Å². The van der Waals surface area contributed by atoms with E-state index in [1.54, 1.807) is 6.92 Å². The Balaban J connectivity index is 2.03. The van der Waals surface area contributed by atoms with Crippen LogP contribution in [0.2, 0.25) is 5.02 Å². The Morgan fingerprint density at radius 3 is 2.43 bits per heavy atom. The fourth-order valence-electron chi connectivity index (χ4n) is 1.79. The largest absolute Gasteiger partial charge is 0.481 e. The zero-order valence-electron chi connectivity index (χ0n) is 12.2. The molecule has 21 heavy (non-hydrogen) atoms.